The van der Waals surface area contributed by atoms with Gasteiger partial charge in [0, 0.05) is 11.6 Å². The maximum Gasteiger partial charge on any atom is 0.0721 e. The standard InChI is InChI=1S/C12H16ClNO/c1-9-6-10(2-3-12(9)13)8-15-11-4-5-14-7-11/h2-3,6,11,14H,4-5,7-8H2,1H3. The normalized spacial score (nSPS) is 20.8. The van der Waals surface area contributed by atoms with Gasteiger partial charge >= 0.3 is 0 Å². The predicted molar refractivity (Wildman–Crippen MR) is 62.3 cm³/mol. The summed E-state index contributed by atoms with van der Waals surface area (Å²) in [4.78, 5) is 0. The van der Waals surface area contributed by atoms with Crippen LogP contribution < -0.4 is 5.32 Å². The van der Waals surface area contributed by atoms with Gasteiger partial charge < -0.3 is 10.1 Å². The van der Waals surface area contributed by atoms with Gasteiger partial charge in [-0.3, -0.25) is 0 Å². The molecule has 1 unspecified atom stereocenters. The summed E-state index contributed by atoms with van der Waals surface area (Å²) in [6.07, 6.45) is 1.49. The van der Waals surface area contributed by atoms with E-state index in [9.17, 15) is 0 Å². The van der Waals surface area contributed by atoms with E-state index in [0.29, 0.717) is 12.7 Å². The number of halogens is 1. The van der Waals surface area contributed by atoms with Gasteiger partial charge in [-0.15, -0.1) is 0 Å². The van der Waals surface area contributed by atoms with Gasteiger partial charge in [0.25, 0.3) is 0 Å². The highest BCUT2D eigenvalue weighted by atomic mass is 35.5. The van der Waals surface area contributed by atoms with Crippen LogP contribution in [0.1, 0.15) is 17.5 Å². The molecule has 1 aromatic carbocycles. The molecular formula is C12H16ClNO. The van der Waals surface area contributed by atoms with E-state index in [1.165, 1.54) is 5.56 Å². The fourth-order valence-corrected chi connectivity index (χ4v) is 1.90. The van der Waals surface area contributed by atoms with Crippen LogP contribution in [-0.2, 0) is 11.3 Å². The van der Waals surface area contributed by atoms with Crippen LogP contribution >= 0.6 is 11.6 Å². The number of benzene rings is 1. The second kappa shape index (κ2) is 4.97. The molecule has 3 heteroatoms. The molecule has 1 aromatic rings. The molecule has 0 aromatic heterocycles. The highest BCUT2D eigenvalue weighted by Crippen LogP contribution is 2.17. The van der Waals surface area contributed by atoms with Crippen molar-refractivity contribution in [3.63, 3.8) is 0 Å². The monoisotopic (exact) mass is 225 g/mol. The maximum absolute atomic E-state index is 5.96. The van der Waals surface area contributed by atoms with E-state index in [1.54, 1.807) is 0 Å². The van der Waals surface area contributed by atoms with Crippen molar-refractivity contribution in [1.82, 2.24) is 5.32 Å². The zero-order chi connectivity index (χ0) is 10.7. The number of rotatable bonds is 3. The molecule has 2 nitrogen and oxygen atoms in total. The third kappa shape index (κ3) is 2.94. The molecule has 1 heterocycles. The van der Waals surface area contributed by atoms with E-state index in [2.05, 4.69) is 11.4 Å². The minimum Gasteiger partial charge on any atom is -0.372 e. The highest BCUT2D eigenvalue weighted by Gasteiger charge is 2.14. The lowest BCUT2D eigenvalue weighted by atomic mass is 10.1. The van der Waals surface area contributed by atoms with E-state index in [-0.39, 0.29) is 0 Å². The van der Waals surface area contributed by atoms with E-state index >= 15 is 0 Å². The summed E-state index contributed by atoms with van der Waals surface area (Å²) in [6, 6.07) is 6.05. The molecule has 0 saturated carbocycles. The summed E-state index contributed by atoms with van der Waals surface area (Å²) in [5, 5.41) is 4.10. The zero-order valence-electron chi connectivity index (χ0n) is 8.92. The molecule has 0 aliphatic carbocycles. The lowest BCUT2D eigenvalue weighted by Gasteiger charge is -2.11. The number of nitrogens with one attached hydrogen (secondary N) is 1. The molecule has 1 atom stereocenters. The van der Waals surface area contributed by atoms with Crippen molar-refractivity contribution >= 4 is 11.6 Å². The first-order valence-electron chi connectivity index (χ1n) is 5.33. The van der Waals surface area contributed by atoms with Gasteiger partial charge in [0.1, 0.15) is 0 Å². The lowest BCUT2D eigenvalue weighted by Crippen LogP contribution is -2.16. The molecule has 2 rings (SSSR count). The summed E-state index contributed by atoms with van der Waals surface area (Å²) in [6.45, 7) is 4.75. The van der Waals surface area contributed by atoms with Crippen LogP contribution in [0.2, 0.25) is 5.02 Å². The molecule has 0 spiro atoms. The van der Waals surface area contributed by atoms with Gasteiger partial charge in [-0.25, -0.2) is 0 Å². The van der Waals surface area contributed by atoms with Crippen LogP contribution in [0, 0.1) is 6.92 Å². The smallest absolute Gasteiger partial charge is 0.0721 e. The number of ether oxygens (including phenoxy) is 1. The SMILES string of the molecule is Cc1cc(COC2CCNC2)ccc1Cl. The van der Waals surface area contributed by atoms with Crippen LogP contribution in [0.15, 0.2) is 18.2 Å². The van der Waals surface area contributed by atoms with Crippen LogP contribution in [0.4, 0.5) is 0 Å². The van der Waals surface area contributed by atoms with Crippen molar-refractivity contribution < 1.29 is 4.74 Å². The lowest BCUT2D eigenvalue weighted by molar-refractivity contribution is 0.0542. The minimum absolute atomic E-state index is 0.376. The van der Waals surface area contributed by atoms with Crippen LogP contribution in [0.5, 0.6) is 0 Å². The molecular weight excluding hydrogens is 210 g/mol. The van der Waals surface area contributed by atoms with Crippen molar-refractivity contribution in [1.29, 1.82) is 0 Å². The zero-order valence-corrected chi connectivity index (χ0v) is 9.68. The highest BCUT2D eigenvalue weighted by molar-refractivity contribution is 6.31. The van der Waals surface area contributed by atoms with Gasteiger partial charge in [-0.1, -0.05) is 23.7 Å². The summed E-state index contributed by atoms with van der Waals surface area (Å²) in [5.74, 6) is 0. The Morgan fingerprint density at radius 1 is 1.53 bits per heavy atom. The predicted octanol–water partition coefficient (Wildman–Crippen LogP) is 2.53. The minimum atomic E-state index is 0.376. The second-order valence-corrected chi connectivity index (χ2v) is 4.42. The van der Waals surface area contributed by atoms with Crippen molar-refractivity contribution in [2.75, 3.05) is 13.1 Å². The summed E-state index contributed by atoms with van der Waals surface area (Å²) in [7, 11) is 0. The van der Waals surface area contributed by atoms with Gasteiger partial charge in [0.15, 0.2) is 0 Å². The Morgan fingerprint density at radius 2 is 2.40 bits per heavy atom. The van der Waals surface area contributed by atoms with Gasteiger partial charge in [-0.2, -0.15) is 0 Å². The van der Waals surface area contributed by atoms with Gasteiger partial charge in [0.05, 0.1) is 12.7 Å². The molecule has 0 radical (unpaired) electrons. The first-order valence-corrected chi connectivity index (χ1v) is 5.71. The van der Waals surface area contributed by atoms with Crippen molar-refractivity contribution in [3.05, 3.63) is 34.3 Å². The Morgan fingerprint density at radius 3 is 3.07 bits per heavy atom. The van der Waals surface area contributed by atoms with Crippen LogP contribution in [0.3, 0.4) is 0 Å². The number of hydrogen-bond donors (Lipinski definition) is 1. The topological polar surface area (TPSA) is 21.3 Å². The fourth-order valence-electron chi connectivity index (χ4n) is 1.78. The van der Waals surface area contributed by atoms with Crippen LogP contribution in [0.25, 0.3) is 0 Å². The largest absolute Gasteiger partial charge is 0.372 e. The molecule has 1 saturated heterocycles. The Labute approximate surface area is 95.6 Å². The first-order chi connectivity index (χ1) is 7.25. The van der Waals surface area contributed by atoms with Gasteiger partial charge in [-0.05, 0) is 37.1 Å². The number of hydrogen-bond acceptors (Lipinski definition) is 2. The Bertz CT molecular complexity index is 334. The third-order valence-corrected chi connectivity index (χ3v) is 3.15. The Balaban J connectivity index is 1.90. The third-order valence-electron chi connectivity index (χ3n) is 2.72. The average molecular weight is 226 g/mol. The Hall–Kier alpha value is -0.570. The molecule has 82 valence electrons. The second-order valence-electron chi connectivity index (χ2n) is 4.01. The first kappa shape index (κ1) is 10.9. The van der Waals surface area contributed by atoms with Crippen molar-refractivity contribution in [2.24, 2.45) is 0 Å². The molecule has 0 bridgehead atoms. The van der Waals surface area contributed by atoms with Crippen molar-refractivity contribution in [3.8, 4) is 0 Å². The molecule has 1 aliphatic rings. The summed E-state index contributed by atoms with van der Waals surface area (Å²) < 4.78 is 5.78. The Kier molecular flexibility index (Phi) is 3.62. The molecule has 1 N–H and O–H groups in total. The molecule has 1 aliphatic heterocycles. The van der Waals surface area contributed by atoms with E-state index in [4.69, 9.17) is 16.3 Å². The number of aryl methyl sites for hydroxylation is 1. The average Bonchev–Trinajstić information content (AvgIpc) is 2.73. The van der Waals surface area contributed by atoms with Gasteiger partial charge in [0.2, 0.25) is 0 Å². The quantitative estimate of drug-likeness (QED) is 0.854. The summed E-state index contributed by atoms with van der Waals surface area (Å²) >= 11 is 5.96. The van der Waals surface area contributed by atoms with E-state index < -0.39 is 0 Å². The maximum atomic E-state index is 5.96. The molecule has 15 heavy (non-hydrogen) atoms. The van der Waals surface area contributed by atoms with E-state index in [0.717, 1.165) is 30.1 Å². The van der Waals surface area contributed by atoms with E-state index in [1.807, 2.05) is 19.1 Å². The molecule has 1 fully saturated rings. The summed E-state index contributed by atoms with van der Waals surface area (Å²) in [5.41, 5.74) is 2.31. The van der Waals surface area contributed by atoms with Crippen molar-refractivity contribution in [2.45, 2.75) is 26.1 Å². The molecule has 0 amide bonds. The fraction of sp³-hybridized carbons (Fsp3) is 0.500. The van der Waals surface area contributed by atoms with Crippen LogP contribution in [-0.4, -0.2) is 19.2 Å².